The second-order valence-electron chi connectivity index (χ2n) is 4.64. The summed E-state index contributed by atoms with van der Waals surface area (Å²) in [6.07, 6.45) is 2.61. The highest BCUT2D eigenvalue weighted by Gasteiger charge is 2.27. The molecule has 4 heteroatoms. The smallest absolute Gasteiger partial charge is 0.186 e. The first-order chi connectivity index (χ1) is 6.57. The predicted molar refractivity (Wildman–Crippen MR) is 65.0 cm³/mol. The molecule has 0 unspecified atom stereocenters. The van der Waals surface area contributed by atoms with Gasteiger partial charge < -0.3 is 4.90 Å². The zero-order chi connectivity index (χ0) is 10.2. The first kappa shape index (κ1) is 10.4. The molecular formula is C10H15BrN2S. The average molecular weight is 275 g/mol. The third-order valence-electron chi connectivity index (χ3n) is 2.64. The van der Waals surface area contributed by atoms with Crippen molar-refractivity contribution in [2.24, 2.45) is 5.41 Å². The maximum atomic E-state index is 4.46. The van der Waals surface area contributed by atoms with Crippen molar-refractivity contribution >= 4 is 32.4 Å². The van der Waals surface area contributed by atoms with Crippen molar-refractivity contribution in [3.63, 3.8) is 0 Å². The quantitative estimate of drug-likeness (QED) is 0.779. The molecule has 2 rings (SSSR count). The van der Waals surface area contributed by atoms with Gasteiger partial charge in [0.15, 0.2) is 5.13 Å². The molecule has 0 atom stereocenters. The van der Waals surface area contributed by atoms with Gasteiger partial charge in [0.25, 0.3) is 0 Å². The Morgan fingerprint density at radius 1 is 1.57 bits per heavy atom. The largest absolute Gasteiger partial charge is 0.348 e. The lowest BCUT2D eigenvalue weighted by Crippen LogP contribution is -2.40. The molecule has 0 aromatic carbocycles. The van der Waals surface area contributed by atoms with Crippen molar-refractivity contribution in [3.8, 4) is 0 Å². The molecule has 1 fully saturated rings. The lowest BCUT2D eigenvalue weighted by molar-refractivity contribution is 0.293. The fourth-order valence-electron chi connectivity index (χ4n) is 1.98. The van der Waals surface area contributed by atoms with Crippen molar-refractivity contribution in [3.05, 3.63) is 9.98 Å². The van der Waals surface area contributed by atoms with E-state index in [1.165, 1.54) is 12.8 Å². The van der Waals surface area contributed by atoms with E-state index in [2.05, 4.69) is 45.0 Å². The summed E-state index contributed by atoms with van der Waals surface area (Å²) in [6, 6.07) is 0. The minimum atomic E-state index is 0.441. The Morgan fingerprint density at radius 3 is 2.93 bits per heavy atom. The number of rotatable bonds is 1. The number of nitrogens with zero attached hydrogens (tertiary/aromatic N) is 2. The fourth-order valence-corrected chi connectivity index (χ4v) is 3.25. The van der Waals surface area contributed by atoms with Crippen LogP contribution in [0.15, 0.2) is 9.98 Å². The molecule has 0 radical (unpaired) electrons. The van der Waals surface area contributed by atoms with Gasteiger partial charge >= 0.3 is 0 Å². The first-order valence-corrected chi connectivity index (χ1v) is 6.60. The van der Waals surface area contributed by atoms with Gasteiger partial charge in [-0.3, -0.25) is 0 Å². The Hall–Kier alpha value is -0.0900. The lowest BCUT2D eigenvalue weighted by Gasteiger charge is -2.37. The van der Waals surface area contributed by atoms with Crippen molar-refractivity contribution in [1.29, 1.82) is 0 Å². The molecule has 0 N–H and O–H groups in total. The Labute approximate surface area is 97.5 Å². The van der Waals surface area contributed by atoms with Crippen molar-refractivity contribution in [1.82, 2.24) is 4.98 Å². The number of anilines is 1. The zero-order valence-electron chi connectivity index (χ0n) is 8.59. The van der Waals surface area contributed by atoms with Crippen molar-refractivity contribution < 1.29 is 0 Å². The monoisotopic (exact) mass is 274 g/mol. The number of thiazole rings is 1. The fraction of sp³-hybridized carbons (Fsp3) is 0.700. The van der Waals surface area contributed by atoms with Gasteiger partial charge in [-0.25, -0.2) is 4.98 Å². The van der Waals surface area contributed by atoms with Crippen molar-refractivity contribution in [2.75, 3.05) is 18.0 Å². The molecule has 2 heterocycles. The van der Waals surface area contributed by atoms with Gasteiger partial charge in [0.1, 0.15) is 4.60 Å². The summed E-state index contributed by atoms with van der Waals surface area (Å²) in [7, 11) is 0. The van der Waals surface area contributed by atoms with Crippen LogP contribution in [0, 0.1) is 5.41 Å². The highest BCUT2D eigenvalue weighted by Crippen LogP contribution is 2.33. The van der Waals surface area contributed by atoms with Crippen LogP contribution in [0.4, 0.5) is 5.13 Å². The number of halogens is 1. The second-order valence-corrected chi connectivity index (χ2v) is 6.29. The summed E-state index contributed by atoms with van der Waals surface area (Å²) in [4.78, 5) is 6.86. The van der Waals surface area contributed by atoms with E-state index in [9.17, 15) is 0 Å². The lowest BCUT2D eigenvalue weighted by atomic mass is 9.84. The Bertz CT molecular complexity index is 322. The van der Waals surface area contributed by atoms with E-state index in [4.69, 9.17) is 0 Å². The summed E-state index contributed by atoms with van der Waals surface area (Å²) in [5, 5.41) is 3.21. The maximum absolute atomic E-state index is 4.46. The molecule has 2 nitrogen and oxygen atoms in total. The van der Waals surface area contributed by atoms with Crippen LogP contribution in [0.1, 0.15) is 26.7 Å². The van der Waals surface area contributed by atoms with E-state index >= 15 is 0 Å². The van der Waals surface area contributed by atoms with Gasteiger partial charge in [-0.1, -0.05) is 13.8 Å². The maximum Gasteiger partial charge on any atom is 0.186 e. The minimum Gasteiger partial charge on any atom is -0.348 e. The molecule has 78 valence electrons. The SMILES string of the molecule is CC1(C)CCCN(c2nc(Br)cs2)C1. The summed E-state index contributed by atoms with van der Waals surface area (Å²) >= 11 is 5.12. The average Bonchev–Trinajstić information content (AvgIpc) is 2.50. The third-order valence-corrected chi connectivity index (χ3v) is 4.25. The van der Waals surface area contributed by atoms with E-state index in [0.717, 1.165) is 22.8 Å². The van der Waals surface area contributed by atoms with Gasteiger partial charge in [0.2, 0.25) is 0 Å². The molecule has 1 saturated heterocycles. The van der Waals surface area contributed by atoms with E-state index < -0.39 is 0 Å². The van der Waals surface area contributed by atoms with Crippen LogP contribution >= 0.6 is 27.3 Å². The molecule has 1 aromatic rings. The Balaban J connectivity index is 2.12. The highest BCUT2D eigenvalue weighted by atomic mass is 79.9. The van der Waals surface area contributed by atoms with E-state index in [1.54, 1.807) is 11.3 Å². The number of hydrogen-bond donors (Lipinski definition) is 0. The first-order valence-electron chi connectivity index (χ1n) is 4.93. The van der Waals surface area contributed by atoms with Crippen LogP contribution in [0.2, 0.25) is 0 Å². The van der Waals surface area contributed by atoms with Crippen LogP contribution in [0.3, 0.4) is 0 Å². The molecule has 0 bridgehead atoms. The topological polar surface area (TPSA) is 16.1 Å². The summed E-state index contributed by atoms with van der Waals surface area (Å²) in [6.45, 7) is 6.96. The molecule has 0 saturated carbocycles. The van der Waals surface area contributed by atoms with Gasteiger partial charge in [0.05, 0.1) is 0 Å². The van der Waals surface area contributed by atoms with Gasteiger partial charge in [-0.15, -0.1) is 11.3 Å². The molecular weight excluding hydrogens is 260 g/mol. The van der Waals surface area contributed by atoms with Gasteiger partial charge in [0, 0.05) is 18.5 Å². The summed E-state index contributed by atoms with van der Waals surface area (Å²) in [5.41, 5.74) is 0.441. The molecule has 1 aliphatic heterocycles. The zero-order valence-corrected chi connectivity index (χ0v) is 11.0. The van der Waals surface area contributed by atoms with Crippen molar-refractivity contribution in [2.45, 2.75) is 26.7 Å². The standard InChI is InChI=1S/C10H15BrN2S/c1-10(2)4-3-5-13(7-10)9-12-8(11)6-14-9/h6H,3-5,7H2,1-2H3. The molecule has 0 aliphatic carbocycles. The number of piperidine rings is 1. The minimum absolute atomic E-state index is 0.441. The van der Waals surface area contributed by atoms with Crippen LogP contribution in [-0.2, 0) is 0 Å². The van der Waals surface area contributed by atoms with Crippen LogP contribution in [-0.4, -0.2) is 18.1 Å². The summed E-state index contributed by atoms with van der Waals surface area (Å²) < 4.78 is 0.959. The van der Waals surface area contributed by atoms with E-state index in [1.807, 2.05) is 0 Å². The Morgan fingerprint density at radius 2 is 2.36 bits per heavy atom. The van der Waals surface area contributed by atoms with Crippen LogP contribution in [0.5, 0.6) is 0 Å². The number of hydrogen-bond acceptors (Lipinski definition) is 3. The Kier molecular flexibility index (Phi) is 2.84. The molecule has 1 aliphatic rings. The normalized spacial score (nSPS) is 21.2. The van der Waals surface area contributed by atoms with E-state index in [0.29, 0.717) is 5.41 Å². The highest BCUT2D eigenvalue weighted by molar-refractivity contribution is 9.10. The van der Waals surface area contributed by atoms with Gasteiger partial charge in [-0.05, 0) is 34.2 Å². The molecule has 1 aromatic heterocycles. The number of aromatic nitrogens is 1. The van der Waals surface area contributed by atoms with Gasteiger partial charge in [-0.2, -0.15) is 0 Å². The molecule has 0 amide bonds. The third kappa shape index (κ3) is 2.28. The summed E-state index contributed by atoms with van der Waals surface area (Å²) in [5.74, 6) is 0. The molecule has 0 spiro atoms. The second kappa shape index (κ2) is 3.81. The molecule has 14 heavy (non-hydrogen) atoms. The van der Waals surface area contributed by atoms with Crippen LogP contribution in [0.25, 0.3) is 0 Å². The predicted octanol–water partition coefficient (Wildman–Crippen LogP) is 3.53. The van der Waals surface area contributed by atoms with Crippen LogP contribution < -0.4 is 4.90 Å². The van der Waals surface area contributed by atoms with E-state index in [-0.39, 0.29) is 0 Å².